The van der Waals surface area contributed by atoms with Crippen LogP contribution in [-0.4, -0.2) is 32.1 Å². The fourth-order valence-corrected chi connectivity index (χ4v) is 3.08. The van der Waals surface area contributed by atoms with Crippen LogP contribution in [0.25, 0.3) is 0 Å². The minimum Gasteiger partial charge on any atom is -0.496 e. The van der Waals surface area contributed by atoms with E-state index in [0.717, 1.165) is 50.1 Å². The van der Waals surface area contributed by atoms with Gasteiger partial charge in [0.1, 0.15) is 5.75 Å². The van der Waals surface area contributed by atoms with E-state index in [9.17, 15) is 4.79 Å². The van der Waals surface area contributed by atoms with E-state index >= 15 is 0 Å². The van der Waals surface area contributed by atoms with E-state index in [4.69, 9.17) is 4.74 Å². The number of amides is 1. The maximum Gasteiger partial charge on any atom is 0.231 e. The summed E-state index contributed by atoms with van der Waals surface area (Å²) in [6.45, 7) is 1.94. The molecule has 2 N–H and O–H groups in total. The summed E-state index contributed by atoms with van der Waals surface area (Å²) in [7, 11) is 1.66. The molecule has 1 saturated carbocycles. The summed E-state index contributed by atoms with van der Waals surface area (Å²) >= 11 is 0. The van der Waals surface area contributed by atoms with Gasteiger partial charge in [0.2, 0.25) is 5.91 Å². The maximum atomic E-state index is 12.7. The van der Waals surface area contributed by atoms with Crippen molar-refractivity contribution in [1.29, 1.82) is 0 Å². The van der Waals surface area contributed by atoms with Gasteiger partial charge in [0.15, 0.2) is 0 Å². The minimum absolute atomic E-state index is 0. The average Bonchev–Trinajstić information content (AvgIpc) is 3.30. The van der Waals surface area contributed by atoms with Crippen LogP contribution in [0.5, 0.6) is 5.75 Å². The molecular weight excluding hydrogens is 288 g/mol. The molecule has 3 rings (SSSR count). The molecule has 1 aliphatic carbocycles. The lowest BCUT2D eigenvalue weighted by molar-refractivity contribution is -0.124. The Labute approximate surface area is 132 Å². The van der Waals surface area contributed by atoms with E-state index in [0.29, 0.717) is 0 Å². The van der Waals surface area contributed by atoms with E-state index in [2.05, 4.69) is 10.6 Å². The lowest BCUT2D eigenvalue weighted by atomic mass is 9.93. The van der Waals surface area contributed by atoms with Gasteiger partial charge in [-0.2, -0.15) is 0 Å². The van der Waals surface area contributed by atoms with Crippen molar-refractivity contribution >= 4 is 18.3 Å². The number of benzene rings is 1. The molecule has 1 heterocycles. The lowest BCUT2D eigenvalue weighted by Gasteiger charge is -2.27. The molecule has 0 radical (unpaired) electrons. The smallest absolute Gasteiger partial charge is 0.231 e. The van der Waals surface area contributed by atoms with Gasteiger partial charge in [0, 0.05) is 18.2 Å². The molecule has 1 saturated heterocycles. The largest absolute Gasteiger partial charge is 0.496 e. The van der Waals surface area contributed by atoms with Crippen LogP contribution in [0.2, 0.25) is 0 Å². The molecule has 1 aromatic carbocycles. The predicted octanol–water partition coefficient (Wildman–Crippen LogP) is 2.02. The van der Waals surface area contributed by atoms with Crippen molar-refractivity contribution in [3.05, 3.63) is 29.8 Å². The SMILES string of the molecule is COc1ccccc1C1(C(=O)N[C@H]2CCCNC2)CC1.Cl. The van der Waals surface area contributed by atoms with Crippen molar-refractivity contribution in [3.63, 3.8) is 0 Å². The molecule has 1 aliphatic heterocycles. The third-order valence-corrected chi connectivity index (χ3v) is 4.44. The number of methoxy groups -OCH3 is 1. The highest BCUT2D eigenvalue weighted by molar-refractivity contribution is 5.92. The van der Waals surface area contributed by atoms with Crippen LogP contribution in [0.4, 0.5) is 0 Å². The predicted molar refractivity (Wildman–Crippen MR) is 85.2 cm³/mol. The van der Waals surface area contributed by atoms with Gasteiger partial charge < -0.3 is 15.4 Å². The molecule has 0 spiro atoms. The van der Waals surface area contributed by atoms with Gasteiger partial charge in [0.05, 0.1) is 12.5 Å². The highest BCUT2D eigenvalue weighted by Gasteiger charge is 2.53. The molecule has 1 atom stereocenters. The van der Waals surface area contributed by atoms with Crippen molar-refractivity contribution in [2.75, 3.05) is 20.2 Å². The van der Waals surface area contributed by atoms with E-state index in [1.54, 1.807) is 7.11 Å². The first-order valence-electron chi connectivity index (χ1n) is 7.41. The molecule has 5 heteroatoms. The Morgan fingerprint density at radius 1 is 1.38 bits per heavy atom. The first-order chi connectivity index (χ1) is 9.76. The minimum atomic E-state index is -0.357. The van der Waals surface area contributed by atoms with Crippen molar-refractivity contribution in [1.82, 2.24) is 10.6 Å². The first-order valence-corrected chi connectivity index (χ1v) is 7.41. The monoisotopic (exact) mass is 310 g/mol. The van der Waals surface area contributed by atoms with Gasteiger partial charge in [-0.1, -0.05) is 18.2 Å². The topological polar surface area (TPSA) is 50.4 Å². The molecule has 1 amide bonds. The first kappa shape index (κ1) is 16.1. The number of carbonyl (C=O) groups is 1. The molecule has 116 valence electrons. The van der Waals surface area contributed by atoms with Crippen LogP contribution in [-0.2, 0) is 10.2 Å². The van der Waals surface area contributed by atoms with Gasteiger partial charge in [-0.15, -0.1) is 12.4 Å². The second kappa shape index (κ2) is 6.67. The fraction of sp³-hybridized carbons (Fsp3) is 0.562. The Hall–Kier alpha value is -1.26. The highest BCUT2D eigenvalue weighted by atomic mass is 35.5. The van der Waals surface area contributed by atoms with Gasteiger partial charge >= 0.3 is 0 Å². The van der Waals surface area contributed by atoms with Crippen molar-refractivity contribution in [3.8, 4) is 5.75 Å². The Morgan fingerprint density at radius 3 is 2.76 bits per heavy atom. The summed E-state index contributed by atoms with van der Waals surface area (Å²) in [6, 6.07) is 8.15. The summed E-state index contributed by atoms with van der Waals surface area (Å²) in [6.07, 6.45) is 4.03. The van der Waals surface area contributed by atoms with Crippen molar-refractivity contribution < 1.29 is 9.53 Å². The van der Waals surface area contributed by atoms with E-state index in [-0.39, 0.29) is 29.8 Å². The Kier molecular flexibility index (Phi) is 5.12. The van der Waals surface area contributed by atoms with Crippen LogP contribution < -0.4 is 15.4 Å². The lowest BCUT2D eigenvalue weighted by Crippen LogP contribution is -2.48. The second-order valence-electron chi connectivity index (χ2n) is 5.80. The zero-order chi connectivity index (χ0) is 14.0. The number of piperidine rings is 1. The summed E-state index contributed by atoms with van der Waals surface area (Å²) < 4.78 is 5.42. The molecule has 2 fully saturated rings. The fourth-order valence-electron chi connectivity index (χ4n) is 3.08. The molecule has 0 bridgehead atoms. The maximum absolute atomic E-state index is 12.7. The standard InChI is InChI=1S/C16H22N2O2.ClH/c1-20-14-7-3-2-6-13(14)16(8-9-16)15(19)18-12-5-4-10-17-11-12;/h2-3,6-7,12,17H,4-5,8-11H2,1H3,(H,18,19);1H/t12-;/m0./s1. The average molecular weight is 311 g/mol. The number of halogens is 1. The Bertz CT molecular complexity index is 497. The highest BCUT2D eigenvalue weighted by Crippen LogP contribution is 2.51. The van der Waals surface area contributed by atoms with Crippen LogP contribution in [0, 0.1) is 0 Å². The van der Waals surface area contributed by atoms with Crippen LogP contribution in [0.1, 0.15) is 31.2 Å². The molecule has 1 aromatic rings. The zero-order valence-electron chi connectivity index (χ0n) is 12.4. The summed E-state index contributed by atoms with van der Waals surface area (Å²) in [5, 5.41) is 6.55. The summed E-state index contributed by atoms with van der Waals surface area (Å²) in [5.41, 5.74) is 0.674. The number of hydrogen-bond donors (Lipinski definition) is 2. The van der Waals surface area contributed by atoms with E-state index in [1.807, 2.05) is 24.3 Å². The Balaban J connectivity index is 0.00000161. The Morgan fingerprint density at radius 2 is 2.14 bits per heavy atom. The third-order valence-electron chi connectivity index (χ3n) is 4.44. The molecular formula is C16H23ClN2O2. The number of ether oxygens (including phenoxy) is 1. The third kappa shape index (κ3) is 3.16. The van der Waals surface area contributed by atoms with Crippen LogP contribution in [0.15, 0.2) is 24.3 Å². The van der Waals surface area contributed by atoms with E-state index in [1.165, 1.54) is 0 Å². The molecule has 0 unspecified atom stereocenters. The van der Waals surface area contributed by atoms with Crippen molar-refractivity contribution in [2.45, 2.75) is 37.1 Å². The molecule has 4 nitrogen and oxygen atoms in total. The summed E-state index contributed by atoms with van der Waals surface area (Å²) in [4.78, 5) is 12.7. The molecule has 21 heavy (non-hydrogen) atoms. The van der Waals surface area contributed by atoms with Gasteiger partial charge in [-0.25, -0.2) is 0 Å². The number of para-hydroxylation sites is 1. The second-order valence-corrected chi connectivity index (χ2v) is 5.80. The summed E-state index contributed by atoms with van der Waals surface area (Å²) in [5.74, 6) is 0.984. The van der Waals surface area contributed by atoms with Crippen LogP contribution in [0.3, 0.4) is 0 Å². The number of hydrogen-bond acceptors (Lipinski definition) is 3. The van der Waals surface area contributed by atoms with Gasteiger partial charge in [-0.3, -0.25) is 4.79 Å². The zero-order valence-corrected chi connectivity index (χ0v) is 13.2. The number of nitrogens with one attached hydrogen (secondary N) is 2. The molecule has 0 aromatic heterocycles. The van der Waals surface area contributed by atoms with Crippen molar-refractivity contribution in [2.24, 2.45) is 0 Å². The quantitative estimate of drug-likeness (QED) is 0.894. The van der Waals surface area contributed by atoms with Gasteiger partial charge in [-0.05, 0) is 38.3 Å². The normalized spacial score (nSPS) is 22.8. The van der Waals surface area contributed by atoms with E-state index < -0.39 is 0 Å². The number of rotatable bonds is 4. The van der Waals surface area contributed by atoms with Gasteiger partial charge in [0.25, 0.3) is 0 Å². The number of carbonyl (C=O) groups excluding carboxylic acids is 1. The van der Waals surface area contributed by atoms with Crippen LogP contribution >= 0.6 is 12.4 Å². The molecule has 2 aliphatic rings.